The van der Waals surface area contributed by atoms with Crippen molar-refractivity contribution in [2.45, 2.75) is 18.9 Å². The summed E-state index contributed by atoms with van der Waals surface area (Å²) in [6, 6.07) is 21.2. The molecule has 1 aliphatic heterocycles. The van der Waals surface area contributed by atoms with E-state index >= 15 is 0 Å². The van der Waals surface area contributed by atoms with Crippen LogP contribution in [0.5, 0.6) is 17.2 Å². The fourth-order valence-electron chi connectivity index (χ4n) is 5.07. The predicted molar refractivity (Wildman–Crippen MR) is 140 cm³/mol. The number of rotatable bonds is 4. The largest absolute Gasteiger partial charge is 0.504 e. The van der Waals surface area contributed by atoms with Gasteiger partial charge in [-0.05, 0) is 53.8 Å². The Hall–Kier alpha value is -4.10. The minimum absolute atomic E-state index is 0.00534. The molecule has 2 heterocycles. The van der Waals surface area contributed by atoms with Crippen LogP contribution in [-0.4, -0.2) is 23.9 Å². The molecule has 3 aromatic carbocycles. The van der Waals surface area contributed by atoms with Gasteiger partial charge in [-0.1, -0.05) is 59.9 Å². The summed E-state index contributed by atoms with van der Waals surface area (Å²) in [5.74, 6) is 1.13. The number of methoxy groups -OCH3 is 2. The number of benzene rings is 3. The monoisotopic (exact) mass is 496 g/mol. The van der Waals surface area contributed by atoms with Crippen molar-refractivity contribution in [1.29, 1.82) is 0 Å². The van der Waals surface area contributed by atoms with E-state index in [4.69, 9.17) is 14.5 Å². The summed E-state index contributed by atoms with van der Waals surface area (Å²) in [4.78, 5) is 19.5. The van der Waals surface area contributed by atoms with Gasteiger partial charge in [-0.25, -0.2) is 4.99 Å². The van der Waals surface area contributed by atoms with Crippen molar-refractivity contribution >= 4 is 23.1 Å². The molecule has 0 unspecified atom stereocenters. The Morgan fingerprint density at radius 2 is 1.81 bits per heavy atom. The molecule has 6 rings (SSSR count). The van der Waals surface area contributed by atoms with Crippen molar-refractivity contribution in [2.75, 3.05) is 14.2 Å². The molecule has 0 radical (unpaired) electrons. The summed E-state index contributed by atoms with van der Waals surface area (Å²) < 4.78 is 12.9. The van der Waals surface area contributed by atoms with E-state index in [1.54, 1.807) is 36.0 Å². The van der Waals surface area contributed by atoms with Crippen molar-refractivity contribution in [1.82, 2.24) is 4.57 Å². The third-order valence-electron chi connectivity index (χ3n) is 6.84. The van der Waals surface area contributed by atoms with Crippen molar-refractivity contribution in [3.8, 4) is 17.2 Å². The molecule has 0 saturated heterocycles. The molecule has 36 heavy (non-hydrogen) atoms. The first-order valence-corrected chi connectivity index (χ1v) is 12.5. The number of fused-ring (bicyclic) bond motifs is 3. The van der Waals surface area contributed by atoms with Crippen LogP contribution in [0.15, 0.2) is 82.1 Å². The zero-order valence-electron chi connectivity index (χ0n) is 19.9. The number of phenols is 1. The van der Waals surface area contributed by atoms with Crippen molar-refractivity contribution in [2.24, 2.45) is 4.99 Å². The first kappa shape index (κ1) is 22.4. The third-order valence-corrected chi connectivity index (χ3v) is 7.82. The summed E-state index contributed by atoms with van der Waals surface area (Å²) in [5.41, 5.74) is 5.89. The lowest BCUT2D eigenvalue weighted by molar-refractivity contribution is 0.373. The van der Waals surface area contributed by atoms with E-state index in [9.17, 15) is 9.90 Å². The van der Waals surface area contributed by atoms with Gasteiger partial charge in [-0.15, -0.1) is 0 Å². The average Bonchev–Trinajstić information content (AvgIpc) is 3.23. The Kier molecular flexibility index (Phi) is 5.49. The number of aromatic hydroxyl groups is 1. The molecular formula is C29H24N2O4S. The molecule has 0 amide bonds. The van der Waals surface area contributed by atoms with Gasteiger partial charge in [0.25, 0.3) is 5.56 Å². The van der Waals surface area contributed by atoms with E-state index in [0.717, 1.165) is 41.0 Å². The first-order valence-electron chi connectivity index (χ1n) is 11.7. The second kappa shape index (κ2) is 8.84. The zero-order valence-corrected chi connectivity index (χ0v) is 20.7. The number of ether oxygens (including phenoxy) is 2. The molecule has 1 N–H and O–H groups in total. The highest BCUT2D eigenvalue weighted by Crippen LogP contribution is 2.41. The number of nitrogens with zero attached hydrogens (tertiary/aromatic N) is 2. The number of allylic oxidation sites excluding steroid dienone is 1. The van der Waals surface area contributed by atoms with Crippen LogP contribution >= 0.6 is 11.3 Å². The molecule has 180 valence electrons. The summed E-state index contributed by atoms with van der Waals surface area (Å²) in [5, 5.41) is 10.6. The van der Waals surface area contributed by atoms with Gasteiger partial charge in [-0.2, -0.15) is 0 Å². The van der Waals surface area contributed by atoms with Crippen LogP contribution in [0.3, 0.4) is 0 Å². The van der Waals surface area contributed by atoms with Gasteiger partial charge in [-0.3, -0.25) is 9.36 Å². The number of thiazole rings is 1. The van der Waals surface area contributed by atoms with Crippen molar-refractivity contribution < 1.29 is 14.6 Å². The predicted octanol–water partition coefficient (Wildman–Crippen LogP) is 4.04. The molecule has 0 fully saturated rings. The molecule has 1 atom stereocenters. The number of aryl methyl sites for hydroxylation is 1. The molecular weight excluding hydrogens is 472 g/mol. The summed E-state index contributed by atoms with van der Waals surface area (Å²) in [6.45, 7) is 0. The molecule has 2 aliphatic rings. The Morgan fingerprint density at radius 1 is 1.00 bits per heavy atom. The second-order valence-electron chi connectivity index (χ2n) is 8.78. The SMILES string of the molecule is COc1ccc([C@H]2C3=C(N=c4sc(=Cc5cccc(OC)c5O)c(=O)n42)c2ccccc2CC3)cc1. The van der Waals surface area contributed by atoms with Gasteiger partial charge in [0.1, 0.15) is 5.75 Å². The Morgan fingerprint density at radius 3 is 2.58 bits per heavy atom. The number of phenolic OH excluding ortho intramolecular Hbond substituents is 1. The molecule has 0 saturated carbocycles. The standard InChI is InChI=1S/C29H24N2O4S/c1-34-20-13-10-18(11-14-20)26-22-15-12-17-6-3-4-8-21(17)25(22)30-29-31(26)28(33)24(36-29)16-19-7-5-9-23(35-2)27(19)32/h3-11,13-14,16,26,32H,12,15H2,1-2H3/t26-/m0/s1. The zero-order chi connectivity index (χ0) is 24.8. The highest BCUT2D eigenvalue weighted by molar-refractivity contribution is 7.07. The van der Waals surface area contributed by atoms with E-state index in [0.29, 0.717) is 20.6 Å². The Bertz CT molecular complexity index is 1700. The lowest BCUT2D eigenvalue weighted by Crippen LogP contribution is -2.38. The van der Waals surface area contributed by atoms with Gasteiger partial charge in [0.05, 0.1) is 30.5 Å². The number of hydrogen-bond donors (Lipinski definition) is 1. The Balaban J connectivity index is 1.61. The molecule has 4 aromatic rings. The van der Waals surface area contributed by atoms with Crippen LogP contribution in [0.1, 0.15) is 34.7 Å². The second-order valence-corrected chi connectivity index (χ2v) is 9.79. The minimum atomic E-state index is -0.267. The van der Waals surface area contributed by atoms with Crippen molar-refractivity contribution in [3.05, 3.63) is 114 Å². The van der Waals surface area contributed by atoms with E-state index in [2.05, 4.69) is 18.2 Å². The average molecular weight is 497 g/mol. The van der Waals surface area contributed by atoms with Gasteiger partial charge in [0.2, 0.25) is 0 Å². The molecule has 7 heteroatoms. The Labute approximate surface area is 211 Å². The maximum absolute atomic E-state index is 13.8. The van der Waals surface area contributed by atoms with Gasteiger partial charge >= 0.3 is 0 Å². The fraction of sp³-hybridized carbons (Fsp3) is 0.172. The maximum atomic E-state index is 13.8. The minimum Gasteiger partial charge on any atom is -0.504 e. The van der Waals surface area contributed by atoms with Crippen LogP contribution in [0, 0.1) is 0 Å². The molecule has 6 nitrogen and oxygen atoms in total. The fourth-order valence-corrected chi connectivity index (χ4v) is 6.06. The third kappa shape index (κ3) is 3.55. The van der Waals surface area contributed by atoms with Crippen molar-refractivity contribution in [3.63, 3.8) is 0 Å². The number of aromatic nitrogens is 1. The molecule has 1 aromatic heterocycles. The smallest absolute Gasteiger partial charge is 0.271 e. The van der Waals surface area contributed by atoms with Crippen LogP contribution in [0.25, 0.3) is 11.8 Å². The van der Waals surface area contributed by atoms with Gasteiger partial charge in [0, 0.05) is 11.1 Å². The quantitative estimate of drug-likeness (QED) is 0.463. The topological polar surface area (TPSA) is 73.1 Å². The molecule has 1 aliphatic carbocycles. The molecule has 0 bridgehead atoms. The first-order chi connectivity index (χ1) is 17.6. The lowest BCUT2D eigenvalue weighted by atomic mass is 9.83. The number of hydrogen-bond acceptors (Lipinski definition) is 6. The van der Waals surface area contributed by atoms with Crippen LogP contribution in [0.4, 0.5) is 0 Å². The highest BCUT2D eigenvalue weighted by Gasteiger charge is 2.32. The van der Waals surface area contributed by atoms with Crippen LogP contribution < -0.4 is 24.4 Å². The van der Waals surface area contributed by atoms with Gasteiger partial charge in [0.15, 0.2) is 16.3 Å². The van der Waals surface area contributed by atoms with E-state index in [-0.39, 0.29) is 17.4 Å². The van der Waals surface area contributed by atoms with E-state index in [1.165, 1.54) is 24.0 Å². The highest BCUT2D eigenvalue weighted by atomic mass is 32.1. The lowest BCUT2D eigenvalue weighted by Gasteiger charge is -2.30. The normalized spacial score (nSPS) is 16.6. The summed E-state index contributed by atoms with van der Waals surface area (Å²) >= 11 is 1.33. The molecule has 0 spiro atoms. The summed E-state index contributed by atoms with van der Waals surface area (Å²) in [6.07, 6.45) is 3.44. The summed E-state index contributed by atoms with van der Waals surface area (Å²) in [7, 11) is 3.15. The maximum Gasteiger partial charge on any atom is 0.271 e. The van der Waals surface area contributed by atoms with E-state index in [1.807, 2.05) is 30.3 Å². The van der Waals surface area contributed by atoms with Crippen LogP contribution in [-0.2, 0) is 6.42 Å². The number of para-hydroxylation sites is 1. The van der Waals surface area contributed by atoms with E-state index < -0.39 is 0 Å². The van der Waals surface area contributed by atoms with Crippen LogP contribution in [0.2, 0.25) is 0 Å². The van der Waals surface area contributed by atoms with Gasteiger partial charge < -0.3 is 14.6 Å².